The van der Waals surface area contributed by atoms with Gasteiger partial charge in [0.05, 0.1) is 22.8 Å². The van der Waals surface area contributed by atoms with Gasteiger partial charge in [-0.25, -0.2) is 0 Å². The Morgan fingerprint density at radius 2 is 1.02 bits per heavy atom. The molecule has 2 aromatic heterocycles. The number of allylic oxidation sites excluding steroid dienone is 4. The van der Waals surface area contributed by atoms with E-state index in [1.165, 1.54) is 73.1 Å². The first-order valence-corrected chi connectivity index (χ1v) is 16.7. The summed E-state index contributed by atoms with van der Waals surface area (Å²) >= 11 is 0. The molecule has 2 aliphatic carbocycles. The van der Waals surface area contributed by atoms with Crippen LogP contribution in [0.2, 0.25) is 0 Å². The zero-order chi connectivity index (χ0) is 34.1. The van der Waals surface area contributed by atoms with E-state index in [9.17, 15) is 35.5 Å². The van der Waals surface area contributed by atoms with Crippen molar-refractivity contribution in [3.63, 3.8) is 0 Å². The van der Waals surface area contributed by atoms with Crippen molar-refractivity contribution in [1.82, 2.24) is 9.97 Å². The van der Waals surface area contributed by atoms with E-state index in [4.69, 9.17) is 0 Å². The average Bonchev–Trinajstić information content (AvgIpc) is 3.06. The first-order valence-electron chi connectivity index (χ1n) is 13.8. The van der Waals surface area contributed by atoms with Gasteiger partial charge in [0.25, 0.3) is 20.2 Å². The Hall–Kier alpha value is -5.94. The molecule has 4 N–H and O–H groups in total. The monoisotopic (exact) mass is 682 g/mol. The summed E-state index contributed by atoms with van der Waals surface area (Å²) in [4.78, 5) is 31.3. The van der Waals surface area contributed by atoms with Crippen LogP contribution in [0, 0.1) is 0 Å². The highest BCUT2D eigenvalue weighted by atomic mass is 32.2. The molecule has 0 spiro atoms. The van der Waals surface area contributed by atoms with Crippen LogP contribution in [0.3, 0.4) is 0 Å². The van der Waals surface area contributed by atoms with Crippen LogP contribution in [0.4, 0.5) is 11.4 Å². The number of benzene rings is 2. The van der Waals surface area contributed by atoms with Crippen molar-refractivity contribution in [2.24, 2.45) is 10.2 Å². The third kappa shape index (κ3) is 6.76. The Labute approximate surface area is 273 Å². The zero-order valence-corrected chi connectivity index (χ0v) is 26.0. The third-order valence-corrected chi connectivity index (χ3v) is 8.87. The molecule has 240 valence electrons. The molecule has 14 nitrogen and oxygen atoms in total. The second-order valence-electron chi connectivity index (χ2n) is 10.2. The summed E-state index contributed by atoms with van der Waals surface area (Å²) in [5, 5.41) is 8.49. The fraction of sp³-hybridized carbons (Fsp3) is 0. The minimum Gasteiger partial charge on any atom is -0.288 e. The molecule has 2 heterocycles. The van der Waals surface area contributed by atoms with Gasteiger partial charge in [-0.1, -0.05) is 24.3 Å². The van der Waals surface area contributed by atoms with Crippen LogP contribution >= 0.6 is 0 Å². The summed E-state index contributed by atoms with van der Waals surface area (Å²) in [6.45, 7) is 0. The molecule has 0 amide bonds. The second-order valence-corrected chi connectivity index (χ2v) is 13.0. The molecule has 2 aromatic carbocycles. The van der Waals surface area contributed by atoms with Gasteiger partial charge in [-0.2, -0.15) is 27.0 Å². The number of pyridine rings is 2. The van der Waals surface area contributed by atoms with Crippen LogP contribution in [0.1, 0.15) is 43.2 Å². The Morgan fingerprint density at radius 3 is 1.42 bits per heavy atom. The lowest BCUT2D eigenvalue weighted by molar-refractivity contribution is 0.103. The van der Waals surface area contributed by atoms with E-state index in [2.05, 4.69) is 31.0 Å². The Bertz CT molecular complexity index is 2230. The molecule has 0 saturated heterocycles. The highest BCUT2D eigenvalue weighted by Crippen LogP contribution is 2.27. The maximum Gasteiger partial charge on any atom is 0.295 e. The van der Waals surface area contributed by atoms with E-state index in [1.807, 2.05) is 0 Å². The van der Waals surface area contributed by atoms with Gasteiger partial charge in [-0.15, -0.1) is 0 Å². The molecule has 0 atom stereocenters. The van der Waals surface area contributed by atoms with Crippen molar-refractivity contribution < 1.29 is 35.5 Å². The van der Waals surface area contributed by atoms with E-state index in [-0.39, 0.29) is 45.5 Å². The van der Waals surface area contributed by atoms with Gasteiger partial charge in [-0.3, -0.25) is 39.5 Å². The number of carbonyl (C=O) groups is 2. The number of nitrogens with zero attached hydrogens (tertiary/aromatic N) is 4. The molecule has 0 unspecified atom stereocenters. The molecule has 6 rings (SSSR count). The Balaban J connectivity index is 1.27. The quantitative estimate of drug-likeness (QED) is 0.116. The van der Waals surface area contributed by atoms with Crippen molar-refractivity contribution in [3.8, 4) is 0 Å². The van der Waals surface area contributed by atoms with Gasteiger partial charge in [0, 0.05) is 23.5 Å². The Kier molecular flexibility index (Phi) is 8.46. The predicted molar refractivity (Wildman–Crippen MR) is 177 cm³/mol. The summed E-state index contributed by atoms with van der Waals surface area (Å²) in [6.07, 6.45) is 11.0. The summed E-state index contributed by atoms with van der Waals surface area (Å²) in [5.74, 6) is -0.572. The van der Waals surface area contributed by atoms with Crippen molar-refractivity contribution in [2.75, 3.05) is 10.9 Å². The summed E-state index contributed by atoms with van der Waals surface area (Å²) in [6, 6.07) is 14.5. The highest BCUT2D eigenvalue weighted by Gasteiger charge is 2.21. The van der Waals surface area contributed by atoms with E-state index in [0.29, 0.717) is 22.6 Å². The number of fused-ring (bicyclic) bond motifs is 2. The molecule has 0 bridgehead atoms. The zero-order valence-electron chi connectivity index (χ0n) is 24.3. The minimum atomic E-state index is -4.78. The highest BCUT2D eigenvalue weighted by molar-refractivity contribution is 7.86. The molecule has 2 aliphatic rings. The lowest BCUT2D eigenvalue weighted by Gasteiger charge is -2.12. The van der Waals surface area contributed by atoms with Crippen LogP contribution in [-0.2, 0) is 20.2 Å². The van der Waals surface area contributed by atoms with E-state index in [1.54, 1.807) is 24.3 Å². The number of carbonyl (C=O) groups excluding carboxylic acids is 2. The molecule has 0 fully saturated rings. The van der Waals surface area contributed by atoms with E-state index >= 15 is 0 Å². The van der Waals surface area contributed by atoms with Crippen LogP contribution in [0.25, 0.3) is 12.2 Å². The molecule has 0 radical (unpaired) electrons. The topological polar surface area (TPSA) is 217 Å². The maximum absolute atomic E-state index is 12.3. The Morgan fingerprint density at radius 1 is 0.604 bits per heavy atom. The number of ketones is 2. The summed E-state index contributed by atoms with van der Waals surface area (Å²) in [7, 11) is -9.56. The first kappa shape index (κ1) is 32.0. The first-order chi connectivity index (χ1) is 22.9. The standard InChI is InChI=1S/C32H22N6O8S2/c39-27-13-11-25(23-3-1-15-33-31(23)27)37-35-21-9-7-19(29(17-21)47(41,42)43)5-6-20-8-10-22(18-30(20)48(44,45)46)36-38-26-12-14-28(40)32-24(26)4-2-16-34-32/h1-18,35-36H,(H,41,42,43)(H,44,45,46). The molecular weight excluding hydrogens is 661 g/mol. The summed E-state index contributed by atoms with van der Waals surface area (Å²) < 4.78 is 69.2. The molecule has 16 heteroatoms. The van der Waals surface area contributed by atoms with Gasteiger partial charge in [0.2, 0.25) is 11.6 Å². The number of anilines is 2. The van der Waals surface area contributed by atoms with Crippen molar-refractivity contribution >= 4 is 66.8 Å². The van der Waals surface area contributed by atoms with E-state index in [0.717, 1.165) is 12.1 Å². The maximum atomic E-state index is 12.3. The van der Waals surface area contributed by atoms with E-state index < -0.39 is 30.0 Å². The number of aromatic nitrogens is 2. The summed E-state index contributed by atoms with van der Waals surface area (Å²) in [5.41, 5.74) is 7.85. The predicted octanol–water partition coefficient (Wildman–Crippen LogP) is 4.28. The van der Waals surface area contributed by atoms with Gasteiger partial charge in [-0.05, 0) is 84.0 Å². The number of hydrogen-bond donors (Lipinski definition) is 4. The van der Waals surface area contributed by atoms with Crippen molar-refractivity contribution in [2.45, 2.75) is 9.79 Å². The number of hydrogen-bond acceptors (Lipinski definition) is 12. The van der Waals surface area contributed by atoms with Crippen LogP contribution < -0.4 is 10.9 Å². The molecule has 0 aliphatic heterocycles. The third-order valence-electron chi connectivity index (χ3n) is 7.06. The minimum absolute atomic E-state index is 0.00537. The lowest BCUT2D eigenvalue weighted by Crippen LogP contribution is -2.15. The lowest BCUT2D eigenvalue weighted by atomic mass is 10.00. The molecule has 4 aromatic rings. The number of nitrogens with one attached hydrogen (secondary N) is 2. The smallest absolute Gasteiger partial charge is 0.288 e. The SMILES string of the molecule is O=C1C=CC(=NNc2ccc(C=Cc3ccc(NN=C4C=CC(=O)c5ncccc54)cc3S(=O)(=O)O)c(S(=O)(=O)O)c2)c2cccnc21. The van der Waals surface area contributed by atoms with Crippen molar-refractivity contribution in [3.05, 3.63) is 131 Å². The second kappa shape index (κ2) is 12.7. The number of hydrazone groups is 2. The molecule has 0 saturated carbocycles. The van der Waals surface area contributed by atoms with Gasteiger partial charge in [0.1, 0.15) is 21.2 Å². The van der Waals surface area contributed by atoms with Crippen LogP contribution in [0.15, 0.2) is 117 Å². The number of rotatable bonds is 8. The fourth-order valence-corrected chi connectivity index (χ4v) is 6.24. The van der Waals surface area contributed by atoms with Gasteiger partial charge >= 0.3 is 0 Å². The van der Waals surface area contributed by atoms with Crippen LogP contribution in [0.5, 0.6) is 0 Å². The normalized spacial score (nSPS) is 16.0. The van der Waals surface area contributed by atoms with Gasteiger partial charge in [0.15, 0.2) is 0 Å². The average molecular weight is 683 g/mol. The fourth-order valence-electron chi connectivity index (χ4n) is 4.82. The largest absolute Gasteiger partial charge is 0.295 e. The van der Waals surface area contributed by atoms with Gasteiger partial charge < -0.3 is 0 Å². The van der Waals surface area contributed by atoms with Crippen LogP contribution in [-0.4, -0.2) is 58.9 Å². The molecular formula is C32H22N6O8S2. The van der Waals surface area contributed by atoms with Crippen molar-refractivity contribution in [1.29, 1.82) is 0 Å². The molecule has 48 heavy (non-hydrogen) atoms.